The summed E-state index contributed by atoms with van der Waals surface area (Å²) in [7, 11) is -1.96. The third-order valence-electron chi connectivity index (χ3n) is 4.74. The van der Waals surface area contributed by atoms with Crippen molar-refractivity contribution in [1.29, 1.82) is 0 Å². The fourth-order valence-corrected chi connectivity index (χ4v) is 4.68. The Morgan fingerprint density at radius 2 is 1.76 bits per heavy atom. The van der Waals surface area contributed by atoms with Gasteiger partial charge in [-0.1, -0.05) is 6.07 Å². The van der Waals surface area contributed by atoms with E-state index in [4.69, 9.17) is 9.47 Å². The quantitative estimate of drug-likeness (QED) is 0.712. The molecule has 0 bridgehead atoms. The van der Waals surface area contributed by atoms with E-state index in [-0.39, 0.29) is 23.5 Å². The Bertz CT molecular complexity index is 938. The second kappa shape index (κ2) is 9.28. The highest BCUT2D eigenvalue weighted by Crippen LogP contribution is 2.21. The van der Waals surface area contributed by atoms with Crippen LogP contribution in [0, 0.1) is 0 Å². The van der Waals surface area contributed by atoms with Gasteiger partial charge in [-0.05, 0) is 62.2 Å². The monoisotopic (exact) mass is 418 g/mol. The minimum absolute atomic E-state index is 0.147. The Morgan fingerprint density at radius 1 is 1.10 bits per heavy atom. The molecule has 8 heteroatoms. The Labute approximate surface area is 171 Å². The second-order valence-corrected chi connectivity index (χ2v) is 8.94. The fourth-order valence-electron chi connectivity index (χ4n) is 3.12. The maximum atomic E-state index is 12.7. The molecular weight excluding hydrogens is 392 g/mol. The number of carbonyl (C=O) groups is 1. The van der Waals surface area contributed by atoms with Crippen LogP contribution >= 0.6 is 0 Å². The minimum Gasteiger partial charge on any atom is -0.497 e. The lowest BCUT2D eigenvalue weighted by atomic mass is 10.2. The fraction of sp³-hybridized carbons (Fsp3) is 0.381. The summed E-state index contributed by atoms with van der Waals surface area (Å²) >= 11 is 0. The van der Waals surface area contributed by atoms with E-state index in [9.17, 15) is 13.2 Å². The first-order valence-electron chi connectivity index (χ1n) is 9.58. The van der Waals surface area contributed by atoms with E-state index in [2.05, 4.69) is 5.32 Å². The molecule has 1 N–H and O–H groups in total. The van der Waals surface area contributed by atoms with Crippen molar-refractivity contribution in [1.82, 2.24) is 9.62 Å². The number of carbonyl (C=O) groups excluding carboxylic acids is 1. The molecule has 0 aliphatic carbocycles. The van der Waals surface area contributed by atoms with Crippen molar-refractivity contribution in [3.05, 3.63) is 54.1 Å². The lowest BCUT2D eigenvalue weighted by Crippen LogP contribution is -2.37. The zero-order chi connectivity index (χ0) is 20.9. The molecule has 0 saturated carbocycles. The summed E-state index contributed by atoms with van der Waals surface area (Å²) < 4.78 is 37.7. The highest BCUT2D eigenvalue weighted by atomic mass is 32.2. The molecule has 1 saturated heterocycles. The largest absolute Gasteiger partial charge is 0.497 e. The van der Waals surface area contributed by atoms with E-state index in [0.29, 0.717) is 24.4 Å². The Balaban J connectivity index is 1.59. The Hall–Kier alpha value is -2.58. The van der Waals surface area contributed by atoms with Crippen molar-refractivity contribution in [3.63, 3.8) is 0 Å². The first-order valence-corrected chi connectivity index (χ1v) is 11.0. The summed E-state index contributed by atoms with van der Waals surface area (Å²) in [5.41, 5.74) is 0.307. The van der Waals surface area contributed by atoms with Gasteiger partial charge in [0.15, 0.2) is 0 Å². The molecular formula is C21H26N2O5S. The van der Waals surface area contributed by atoms with Crippen molar-refractivity contribution < 1.29 is 22.7 Å². The smallest absolute Gasteiger partial charge is 0.251 e. The zero-order valence-electron chi connectivity index (χ0n) is 16.6. The lowest BCUT2D eigenvalue weighted by molar-refractivity contribution is 0.0926. The average molecular weight is 419 g/mol. The number of amides is 1. The number of methoxy groups -OCH3 is 1. The third-order valence-corrected chi connectivity index (χ3v) is 6.63. The summed E-state index contributed by atoms with van der Waals surface area (Å²) in [6, 6.07) is 13.1. The number of rotatable bonds is 8. The predicted octanol–water partition coefficient (Wildman–Crippen LogP) is 2.68. The molecule has 1 aliphatic heterocycles. The molecule has 0 unspecified atom stereocenters. The van der Waals surface area contributed by atoms with Gasteiger partial charge in [-0.15, -0.1) is 0 Å². The number of nitrogens with one attached hydrogen (secondary N) is 1. The van der Waals surface area contributed by atoms with Gasteiger partial charge in [0, 0.05) is 18.7 Å². The van der Waals surface area contributed by atoms with Crippen LogP contribution in [0.4, 0.5) is 0 Å². The number of sulfonamides is 1. The first kappa shape index (κ1) is 21.1. The van der Waals surface area contributed by atoms with Crippen LogP contribution in [0.3, 0.4) is 0 Å². The van der Waals surface area contributed by atoms with Crippen LogP contribution in [0.25, 0.3) is 0 Å². The molecule has 1 fully saturated rings. The third kappa shape index (κ3) is 5.27. The van der Waals surface area contributed by atoms with E-state index < -0.39 is 10.0 Å². The Morgan fingerprint density at radius 3 is 2.41 bits per heavy atom. The summed E-state index contributed by atoms with van der Waals surface area (Å²) in [5, 5.41) is 2.84. The number of hydrogen-bond donors (Lipinski definition) is 1. The van der Waals surface area contributed by atoms with Crippen LogP contribution in [0.1, 0.15) is 30.1 Å². The van der Waals surface area contributed by atoms with Gasteiger partial charge in [-0.2, -0.15) is 4.31 Å². The lowest BCUT2D eigenvalue weighted by Gasteiger charge is -2.17. The molecule has 0 radical (unpaired) electrons. The van der Waals surface area contributed by atoms with Gasteiger partial charge in [0.2, 0.25) is 10.0 Å². The summed E-state index contributed by atoms with van der Waals surface area (Å²) in [5.74, 6) is 1.07. The number of nitrogens with zero attached hydrogens (tertiary/aromatic N) is 1. The van der Waals surface area contributed by atoms with Crippen molar-refractivity contribution in [2.24, 2.45) is 0 Å². The molecule has 2 aromatic rings. The van der Waals surface area contributed by atoms with Gasteiger partial charge in [-0.25, -0.2) is 8.42 Å². The predicted molar refractivity (Wildman–Crippen MR) is 110 cm³/mol. The zero-order valence-corrected chi connectivity index (χ0v) is 17.4. The van der Waals surface area contributed by atoms with Crippen LogP contribution < -0.4 is 14.8 Å². The van der Waals surface area contributed by atoms with Gasteiger partial charge >= 0.3 is 0 Å². The number of ether oxygens (including phenoxy) is 2. The minimum atomic E-state index is -3.56. The molecule has 2 aromatic carbocycles. The van der Waals surface area contributed by atoms with Crippen LogP contribution in [0.2, 0.25) is 0 Å². The van der Waals surface area contributed by atoms with Crippen LogP contribution in [0.15, 0.2) is 53.4 Å². The number of hydrogen-bond acceptors (Lipinski definition) is 5. The van der Waals surface area contributed by atoms with Crippen molar-refractivity contribution in [2.45, 2.75) is 30.7 Å². The molecule has 3 rings (SSSR count). The molecule has 1 aliphatic rings. The van der Waals surface area contributed by atoms with Crippen molar-refractivity contribution >= 4 is 15.9 Å². The van der Waals surface area contributed by atoms with Gasteiger partial charge in [0.05, 0.1) is 18.0 Å². The van der Waals surface area contributed by atoms with Gasteiger partial charge in [0.1, 0.15) is 18.1 Å². The molecule has 29 heavy (non-hydrogen) atoms. The molecule has 7 nitrogen and oxygen atoms in total. The first-order chi connectivity index (χ1) is 13.9. The van der Waals surface area contributed by atoms with Crippen molar-refractivity contribution in [3.8, 4) is 11.5 Å². The molecule has 1 amide bonds. The SMILES string of the molecule is COc1ccc(OC[C@H](C)NC(=O)c2cccc(S(=O)(=O)N3CCCC3)c2)cc1. The number of benzene rings is 2. The van der Waals surface area contributed by atoms with E-state index in [1.807, 2.05) is 6.92 Å². The highest BCUT2D eigenvalue weighted by molar-refractivity contribution is 7.89. The van der Waals surface area contributed by atoms with Gasteiger partial charge in [-0.3, -0.25) is 4.79 Å². The van der Waals surface area contributed by atoms with E-state index in [1.165, 1.54) is 16.4 Å². The van der Waals surface area contributed by atoms with E-state index in [1.54, 1.807) is 43.5 Å². The molecule has 0 spiro atoms. The molecule has 156 valence electrons. The van der Waals surface area contributed by atoms with E-state index >= 15 is 0 Å². The van der Waals surface area contributed by atoms with Crippen molar-refractivity contribution in [2.75, 3.05) is 26.8 Å². The second-order valence-electron chi connectivity index (χ2n) is 7.00. The van der Waals surface area contributed by atoms with Crippen LogP contribution in [0.5, 0.6) is 11.5 Å². The summed E-state index contributed by atoms with van der Waals surface area (Å²) in [6.45, 7) is 3.16. The topological polar surface area (TPSA) is 84.9 Å². The highest BCUT2D eigenvalue weighted by Gasteiger charge is 2.27. The maximum Gasteiger partial charge on any atom is 0.251 e. The van der Waals surface area contributed by atoms with Gasteiger partial charge < -0.3 is 14.8 Å². The normalized spacial score (nSPS) is 15.7. The average Bonchev–Trinajstić information content (AvgIpc) is 3.28. The standard InChI is InChI=1S/C21H26N2O5S/c1-16(15-28-19-10-8-18(27-2)9-11-19)22-21(24)17-6-5-7-20(14-17)29(25,26)23-12-3-4-13-23/h5-11,14,16H,3-4,12-13,15H2,1-2H3,(H,22,24)/t16-/m0/s1. The van der Waals surface area contributed by atoms with Gasteiger partial charge in [0.25, 0.3) is 5.91 Å². The molecule has 0 aromatic heterocycles. The Kier molecular flexibility index (Phi) is 6.76. The summed E-state index contributed by atoms with van der Waals surface area (Å²) in [4.78, 5) is 12.7. The summed E-state index contributed by atoms with van der Waals surface area (Å²) in [6.07, 6.45) is 1.73. The molecule has 1 heterocycles. The maximum absolute atomic E-state index is 12.7. The van der Waals surface area contributed by atoms with E-state index in [0.717, 1.165) is 18.6 Å². The van der Waals surface area contributed by atoms with Crippen LogP contribution in [-0.2, 0) is 10.0 Å². The molecule has 1 atom stereocenters. The van der Waals surface area contributed by atoms with Crippen LogP contribution in [-0.4, -0.2) is 51.5 Å².